The lowest BCUT2D eigenvalue weighted by molar-refractivity contribution is 0.126. The second kappa shape index (κ2) is 5.25. The van der Waals surface area contributed by atoms with Gasteiger partial charge in [-0.1, -0.05) is 6.92 Å². The van der Waals surface area contributed by atoms with Crippen LogP contribution in [-0.4, -0.2) is 27.2 Å². The summed E-state index contributed by atoms with van der Waals surface area (Å²) in [6, 6.07) is 2.45. The lowest BCUT2D eigenvalue weighted by atomic mass is 9.93. The Labute approximate surface area is 96.1 Å². The lowest BCUT2D eigenvalue weighted by Crippen LogP contribution is -2.28. The van der Waals surface area contributed by atoms with Crippen LogP contribution in [0.5, 0.6) is 0 Å². The van der Waals surface area contributed by atoms with Crippen LogP contribution in [0, 0.1) is 0 Å². The van der Waals surface area contributed by atoms with Gasteiger partial charge in [0.15, 0.2) is 0 Å². The third kappa shape index (κ3) is 2.92. The molecule has 0 aromatic carbocycles. The highest BCUT2D eigenvalue weighted by Crippen LogP contribution is 2.21. The summed E-state index contributed by atoms with van der Waals surface area (Å²) in [7, 11) is 0. The molecule has 0 radical (unpaired) electrons. The van der Waals surface area contributed by atoms with E-state index >= 15 is 0 Å². The standard InChI is InChI=1S/C12H19N3O/c1-2-9-7-12(14-8-13-9)15-10-3-5-11(16)6-4-10/h7-8,10-11,16H,2-6H2,1H3,(H,13,14,15). The molecule has 16 heavy (non-hydrogen) atoms. The molecule has 1 aromatic rings. The van der Waals surface area contributed by atoms with E-state index in [4.69, 9.17) is 0 Å². The van der Waals surface area contributed by atoms with Crippen molar-refractivity contribution in [2.24, 2.45) is 0 Å². The van der Waals surface area contributed by atoms with Crippen LogP contribution in [0.15, 0.2) is 12.4 Å². The predicted molar refractivity (Wildman–Crippen MR) is 63.3 cm³/mol. The Morgan fingerprint density at radius 3 is 2.75 bits per heavy atom. The minimum Gasteiger partial charge on any atom is -0.393 e. The number of aliphatic hydroxyl groups excluding tert-OH is 1. The Bertz CT molecular complexity index is 335. The van der Waals surface area contributed by atoms with Crippen LogP contribution in [0.25, 0.3) is 0 Å². The Hall–Kier alpha value is -1.16. The van der Waals surface area contributed by atoms with E-state index in [2.05, 4.69) is 22.2 Å². The van der Waals surface area contributed by atoms with Crippen molar-refractivity contribution < 1.29 is 5.11 Å². The van der Waals surface area contributed by atoms with Gasteiger partial charge in [0.05, 0.1) is 6.10 Å². The number of rotatable bonds is 3. The molecule has 1 aliphatic rings. The average molecular weight is 221 g/mol. The molecule has 88 valence electrons. The molecule has 4 nitrogen and oxygen atoms in total. The molecule has 1 heterocycles. The zero-order chi connectivity index (χ0) is 11.4. The molecular formula is C12H19N3O. The maximum absolute atomic E-state index is 9.42. The van der Waals surface area contributed by atoms with Gasteiger partial charge < -0.3 is 10.4 Å². The van der Waals surface area contributed by atoms with Crippen LogP contribution in [0.1, 0.15) is 38.3 Å². The second-order valence-electron chi connectivity index (χ2n) is 4.40. The topological polar surface area (TPSA) is 58.0 Å². The minimum atomic E-state index is -0.102. The summed E-state index contributed by atoms with van der Waals surface area (Å²) in [5.74, 6) is 0.910. The van der Waals surface area contributed by atoms with Gasteiger partial charge in [0, 0.05) is 17.8 Å². The second-order valence-corrected chi connectivity index (χ2v) is 4.40. The number of nitrogens with zero attached hydrogens (tertiary/aromatic N) is 2. The summed E-state index contributed by atoms with van der Waals surface area (Å²) in [6.07, 6.45) is 6.26. The number of aliphatic hydroxyl groups is 1. The van der Waals surface area contributed by atoms with Gasteiger partial charge in [-0.3, -0.25) is 0 Å². The minimum absolute atomic E-state index is 0.102. The van der Waals surface area contributed by atoms with E-state index in [1.165, 1.54) is 0 Å². The van der Waals surface area contributed by atoms with Gasteiger partial charge in [-0.25, -0.2) is 9.97 Å². The smallest absolute Gasteiger partial charge is 0.129 e. The summed E-state index contributed by atoms with van der Waals surface area (Å²) in [5.41, 5.74) is 1.06. The first kappa shape index (κ1) is 11.3. The normalized spacial score (nSPS) is 25.4. The van der Waals surface area contributed by atoms with Gasteiger partial charge in [-0.2, -0.15) is 0 Å². The number of nitrogens with one attached hydrogen (secondary N) is 1. The van der Waals surface area contributed by atoms with Crippen LogP contribution in [0.3, 0.4) is 0 Å². The molecular weight excluding hydrogens is 202 g/mol. The first-order valence-corrected chi connectivity index (χ1v) is 6.03. The molecule has 0 spiro atoms. The third-order valence-corrected chi connectivity index (χ3v) is 3.13. The Morgan fingerprint density at radius 2 is 2.06 bits per heavy atom. The zero-order valence-corrected chi connectivity index (χ0v) is 9.69. The van der Waals surface area contributed by atoms with Crippen molar-refractivity contribution in [3.63, 3.8) is 0 Å². The lowest BCUT2D eigenvalue weighted by Gasteiger charge is -2.26. The average Bonchev–Trinajstić information content (AvgIpc) is 2.32. The fourth-order valence-corrected chi connectivity index (χ4v) is 2.10. The van der Waals surface area contributed by atoms with Crippen molar-refractivity contribution in [1.82, 2.24) is 9.97 Å². The fourth-order valence-electron chi connectivity index (χ4n) is 2.10. The van der Waals surface area contributed by atoms with Gasteiger partial charge in [-0.15, -0.1) is 0 Å². The van der Waals surface area contributed by atoms with Gasteiger partial charge in [0.25, 0.3) is 0 Å². The summed E-state index contributed by atoms with van der Waals surface area (Å²) >= 11 is 0. The number of anilines is 1. The van der Waals surface area contributed by atoms with Crippen LogP contribution >= 0.6 is 0 Å². The van der Waals surface area contributed by atoms with Crippen molar-refractivity contribution >= 4 is 5.82 Å². The predicted octanol–water partition coefficient (Wildman–Crippen LogP) is 1.75. The van der Waals surface area contributed by atoms with E-state index in [0.717, 1.165) is 43.6 Å². The van der Waals surface area contributed by atoms with Crippen molar-refractivity contribution in [1.29, 1.82) is 0 Å². The Morgan fingerprint density at radius 1 is 1.31 bits per heavy atom. The van der Waals surface area contributed by atoms with E-state index < -0.39 is 0 Å². The first-order chi connectivity index (χ1) is 7.78. The summed E-state index contributed by atoms with van der Waals surface area (Å²) in [4.78, 5) is 8.39. The summed E-state index contributed by atoms with van der Waals surface area (Å²) < 4.78 is 0. The van der Waals surface area contributed by atoms with Crippen molar-refractivity contribution in [2.75, 3.05) is 5.32 Å². The van der Waals surface area contributed by atoms with Crippen LogP contribution < -0.4 is 5.32 Å². The highest BCUT2D eigenvalue weighted by atomic mass is 16.3. The Kier molecular flexibility index (Phi) is 3.72. The molecule has 2 N–H and O–H groups in total. The SMILES string of the molecule is CCc1cc(NC2CCC(O)CC2)ncn1. The van der Waals surface area contributed by atoms with E-state index in [1.807, 2.05) is 6.07 Å². The third-order valence-electron chi connectivity index (χ3n) is 3.13. The zero-order valence-electron chi connectivity index (χ0n) is 9.69. The molecule has 0 amide bonds. The highest BCUT2D eigenvalue weighted by molar-refractivity contribution is 5.36. The maximum atomic E-state index is 9.42. The van der Waals surface area contributed by atoms with Crippen LogP contribution in [0.4, 0.5) is 5.82 Å². The van der Waals surface area contributed by atoms with Gasteiger partial charge in [-0.05, 0) is 32.1 Å². The molecule has 4 heteroatoms. The first-order valence-electron chi connectivity index (χ1n) is 6.03. The van der Waals surface area contributed by atoms with E-state index in [0.29, 0.717) is 6.04 Å². The monoisotopic (exact) mass is 221 g/mol. The molecule has 1 aliphatic carbocycles. The van der Waals surface area contributed by atoms with E-state index in [-0.39, 0.29) is 6.10 Å². The van der Waals surface area contributed by atoms with E-state index in [1.54, 1.807) is 6.33 Å². The van der Waals surface area contributed by atoms with Gasteiger partial charge in [0.2, 0.25) is 0 Å². The number of hydrogen-bond acceptors (Lipinski definition) is 4. The van der Waals surface area contributed by atoms with Crippen LogP contribution in [-0.2, 0) is 6.42 Å². The number of aromatic nitrogens is 2. The quantitative estimate of drug-likeness (QED) is 0.816. The Balaban J connectivity index is 1.93. The molecule has 0 saturated heterocycles. The van der Waals surface area contributed by atoms with Crippen molar-refractivity contribution in [2.45, 2.75) is 51.2 Å². The number of aryl methyl sites for hydroxylation is 1. The summed E-state index contributed by atoms with van der Waals surface area (Å²) in [6.45, 7) is 2.09. The molecule has 1 fully saturated rings. The molecule has 1 saturated carbocycles. The molecule has 1 aromatic heterocycles. The molecule has 0 aliphatic heterocycles. The molecule has 0 atom stereocenters. The number of hydrogen-bond donors (Lipinski definition) is 2. The largest absolute Gasteiger partial charge is 0.393 e. The fraction of sp³-hybridized carbons (Fsp3) is 0.667. The van der Waals surface area contributed by atoms with Crippen molar-refractivity contribution in [3.8, 4) is 0 Å². The van der Waals surface area contributed by atoms with Crippen LogP contribution in [0.2, 0.25) is 0 Å². The maximum Gasteiger partial charge on any atom is 0.129 e. The molecule has 0 unspecified atom stereocenters. The van der Waals surface area contributed by atoms with Crippen molar-refractivity contribution in [3.05, 3.63) is 18.1 Å². The molecule has 2 rings (SSSR count). The molecule has 0 bridgehead atoms. The van der Waals surface area contributed by atoms with Gasteiger partial charge >= 0.3 is 0 Å². The highest BCUT2D eigenvalue weighted by Gasteiger charge is 2.19. The van der Waals surface area contributed by atoms with E-state index in [9.17, 15) is 5.11 Å². The summed E-state index contributed by atoms with van der Waals surface area (Å²) in [5, 5.41) is 12.8. The van der Waals surface area contributed by atoms with Gasteiger partial charge in [0.1, 0.15) is 12.1 Å².